The van der Waals surface area contributed by atoms with E-state index < -0.39 is 8.32 Å². The highest BCUT2D eigenvalue weighted by Gasteiger charge is 2.37. The predicted molar refractivity (Wildman–Crippen MR) is 102 cm³/mol. The lowest BCUT2D eigenvalue weighted by Crippen LogP contribution is -2.42. The van der Waals surface area contributed by atoms with E-state index in [9.17, 15) is 5.11 Å². The van der Waals surface area contributed by atoms with Gasteiger partial charge in [0.15, 0.2) is 8.32 Å². The van der Waals surface area contributed by atoms with Gasteiger partial charge in [-0.05, 0) is 35.8 Å². The van der Waals surface area contributed by atoms with Crippen molar-refractivity contribution in [3.63, 3.8) is 0 Å². The molecule has 0 bridgehead atoms. The fourth-order valence-electron chi connectivity index (χ4n) is 1.85. The summed E-state index contributed by atoms with van der Waals surface area (Å²) in [6.07, 6.45) is 0. The van der Waals surface area contributed by atoms with Crippen LogP contribution in [0.4, 0.5) is 0 Å². The van der Waals surface area contributed by atoms with Crippen LogP contribution >= 0.6 is 0 Å². The SMILES string of the molecule is COc1ccc(COCOCC(CO)CO[Si](C)(C)C(C)(C)C)cc1. The van der Waals surface area contributed by atoms with Gasteiger partial charge < -0.3 is 23.7 Å². The van der Waals surface area contributed by atoms with Crippen LogP contribution in [-0.2, 0) is 20.5 Å². The molecule has 0 aliphatic carbocycles. The summed E-state index contributed by atoms with van der Waals surface area (Å²) in [7, 11) is -0.154. The molecule has 0 saturated heterocycles. The minimum absolute atomic E-state index is 0.0290. The molecule has 0 saturated carbocycles. The number of rotatable bonds is 11. The highest BCUT2D eigenvalue weighted by atomic mass is 28.4. The van der Waals surface area contributed by atoms with Crippen molar-refractivity contribution in [2.75, 3.05) is 33.7 Å². The maximum absolute atomic E-state index is 9.51. The summed E-state index contributed by atoms with van der Waals surface area (Å²) in [5, 5.41) is 9.67. The maximum atomic E-state index is 9.51. The van der Waals surface area contributed by atoms with Crippen LogP contribution in [0.2, 0.25) is 18.1 Å². The zero-order valence-electron chi connectivity index (χ0n) is 16.5. The van der Waals surface area contributed by atoms with Crippen LogP contribution < -0.4 is 4.74 Å². The molecule has 0 aliphatic rings. The second-order valence-corrected chi connectivity index (χ2v) is 12.6. The zero-order chi connectivity index (χ0) is 18.9. The Bertz CT molecular complexity index is 482. The van der Waals surface area contributed by atoms with E-state index >= 15 is 0 Å². The standard InChI is InChI=1S/C19H34O5Si/c1-19(2,3)25(5,6)24-14-17(11-20)13-23-15-22-12-16-7-9-18(21-4)10-8-16/h7-10,17,20H,11-15H2,1-6H3. The van der Waals surface area contributed by atoms with Gasteiger partial charge in [-0.2, -0.15) is 0 Å². The second-order valence-electron chi connectivity index (χ2n) is 7.81. The lowest BCUT2D eigenvalue weighted by molar-refractivity contribution is -0.0797. The van der Waals surface area contributed by atoms with Crippen molar-refractivity contribution in [2.24, 2.45) is 5.92 Å². The van der Waals surface area contributed by atoms with E-state index in [0.29, 0.717) is 19.8 Å². The molecule has 0 aromatic heterocycles. The number of aliphatic hydroxyl groups excluding tert-OH is 1. The molecule has 1 atom stereocenters. The molecule has 0 aliphatic heterocycles. The van der Waals surface area contributed by atoms with Crippen LogP contribution in [0.1, 0.15) is 26.3 Å². The number of ether oxygens (including phenoxy) is 3. The molecule has 1 aromatic rings. The van der Waals surface area contributed by atoms with Crippen molar-refractivity contribution in [1.82, 2.24) is 0 Å². The number of hydrogen-bond donors (Lipinski definition) is 1. The number of methoxy groups -OCH3 is 1. The Kier molecular flexibility index (Phi) is 9.10. The van der Waals surface area contributed by atoms with Crippen molar-refractivity contribution >= 4 is 8.32 Å². The molecular weight excluding hydrogens is 336 g/mol. The fraction of sp³-hybridized carbons (Fsp3) is 0.684. The Labute approximate surface area is 153 Å². The van der Waals surface area contributed by atoms with E-state index in [1.807, 2.05) is 24.3 Å². The van der Waals surface area contributed by atoms with E-state index in [-0.39, 0.29) is 24.4 Å². The van der Waals surface area contributed by atoms with Crippen LogP contribution in [0.15, 0.2) is 24.3 Å². The highest BCUT2D eigenvalue weighted by molar-refractivity contribution is 6.74. The van der Waals surface area contributed by atoms with Crippen LogP contribution in [-0.4, -0.2) is 47.1 Å². The van der Waals surface area contributed by atoms with Gasteiger partial charge in [-0.1, -0.05) is 32.9 Å². The Morgan fingerprint density at radius 1 is 1.04 bits per heavy atom. The minimum atomic E-state index is -1.80. The van der Waals surface area contributed by atoms with E-state index in [2.05, 4.69) is 33.9 Å². The van der Waals surface area contributed by atoms with Gasteiger partial charge in [0.05, 0.1) is 26.9 Å². The quantitative estimate of drug-likeness (QED) is 0.365. The molecule has 1 N–H and O–H groups in total. The topological polar surface area (TPSA) is 57.2 Å². The van der Waals surface area contributed by atoms with Crippen molar-refractivity contribution in [3.05, 3.63) is 29.8 Å². The summed E-state index contributed by atoms with van der Waals surface area (Å²) in [4.78, 5) is 0. The first-order valence-corrected chi connectivity index (χ1v) is 11.6. The summed E-state index contributed by atoms with van der Waals surface area (Å²) in [5.74, 6) is 0.797. The third-order valence-electron chi connectivity index (χ3n) is 4.69. The van der Waals surface area contributed by atoms with E-state index in [4.69, 9.17) is 18.6 Å². The van der Waals surface area contributed by atoms with Gasteiger partial charge in [-0.25, -0.2) is 0 Å². The molecule has 0 fully saturated rings. The Morgan fingerprint density at radius 3 is 2.20 bits per heavy atom. The monoisotopic (exact) mass is 370 g/mol. The summed E-state index contributed by atoms with van der Waals surface area (Å²) in [6, 6.07) is 7.73. The van der Waals surface area contributed by atoms with Crippen LogP contribution in [0.3, 0.4) is 0 Å². The van der Waals surface area contributed by atoms with Gasteiger partial charge in [0.2, 0.25) is 0 Å². The van der Waals surface area contributed by atoms with Crippen molar-refractivity contribution in [2.45, 2.75) is 45.5 Å². The molecule has 0 radical (unpaired) electrons. The summed E-state index contributed by atoms with van der Waals surface area (Å²) >= 11 is 0. The molecule has 1 rings (SSSR count). The molecule has 0 amide bonds. The maximum Gasteiger partial charge on any atom is 0.191 e. The Morgan fingerprint density at radius 2 is 1.68 bits per heavy atom. The average molecular weight is 371 g/mol. The van der Waals surface area contributed by atoms with Crippen molar-refractivity contribution in [3.8, 4) is 5.75 Å². The first-order valence-electron chi connectivity index (χ1n) is 8.73. The number of aliphatic hydroxyl groups is 1. The molecule has 1 unspecified atom stereocenters. The molecule has 0 spiro atoms. The molecule has 144 valence electrons. The van der Waals surface area contributed by atoms with Crippen LogP contribution in [0.5, 0.6) is 5.75 Å². The summed E-state index contributed by atoms with van der Waals surface area (Å²) in [6.45, 7) is 12.7. The van der Waals surface area contributed by atoms with Gasteiger partial charge in [0.25, 0.3) is 0 Å². The zero-order valence-corrected chi connectivity index (χ0v) is 17.5. The van der Waals surface area contributed by atoms with Crippen LogP contribution in [0.25, 0.3) is 0 Å². The lowest BCUT2D eigenvalue weighted by atomic mass is 10.2. The highest BCUT2D eigenvalue weighted by Crippen LogP contribution is 2.36. The smallest absolute Gasteiger partial charge is 0.191 e. The van der Waals surface area contributed by atoms with Gasteiger partial charge in [0.1, 0.15) is 12.5 Å². The largest absolute Gasteiger partial charge is 0.497 e. The van der Waals surface area contributed by atoms with Gasteiger partial charge in [-0.3, -0.25) is 0 Å². The van der Waals surface area contributed by atoms with Gasteiger partial charge >= 0.3 is 0 Å². The summed E-state index contributed by atoms with van der Waals surface area (Å²) in [5.41, 5.74) is 1.06. The molecule has 6 heteroatoms. The van der Waals surface area contributed by atoms with Gasteiger partial charge in [0, 0.05) is 12.5 Å². The number of benzene rings is 1. The molecular formula is C19H34O5Si. The second kappa shape index (κ2) is 10.3. The molecule has 1 aromatic carbocycles. The fourth-order valence-corrected chi connectivity index (χ4v) is 2.94. The van der Waals surface area contributed by atoms with Gasteiger partial charge in [-0.15, -0.1) is 0 Å². The van der Waals surface area contributed by atoms with Crippen molar-refractivity contribution in [1.29, 1.82) is 0 Å². The predicted octanol–water partition coefficient (Wildman–Crippen LogP) is 3.82. The Hall–Kier alpha value is -0.923. The number of hydrogen-bond acceptors (Lipinski definition) is 5. The third kappa shape index (κ3) is 7.88. The molecule has 5 nitrogen and oxygen atoms in total. The Balaban J connectivity index is 2.24. The first-order chi connectivity index (χ1) is 11.7. The first kappa shape index (κ1) is 22.1. The average Bonchev–Trinajstić information content (AvgIpc) is 2.56. The third-order valence-corrected chi connectivity index (χ3v) is 9.19. The van der Waals surface area contributed by atoms with E-state index in [1.165, 1.54) is 0 Å². The minimum Gasteiger partial charge on any atom is -0.497 e. The molecule has 0 heterocycles. The molecule has 25 heavy (non-hydrogen) atoms. The van der Waals surface area contributed by atoms with E-state index in [1.54, 1.807) is 7.11 Å². The summed E-state index contributed by atoms with van der Waals surface area (Å²) < 4.78 is 22.3. The van der Waals surface area contributed by atoms with Crippen molar-refractivity contribution < 1.29 is 23.7 Å². The van der Waals surface area contributed by atoms with Crippen LogP contribution in [0, 0.1) is 5.92 Å². The normalized spacial score (nSPS) is 13.7. The van der Waals surface area contributed by atoms with E-state index in [0.717, 1.165) is 11.3 Å². The lowest BCUT2D eigenvalue weighted by Gasteiger charge is -2.37.